The van der Waals surface area contributed by atoms with Crippen LogP contribution in [0.2, 0.25) is 5.02 Å². The molecule has 1 heterocycles. The van der Waals surface area contributed by atoms with Gasteiger partial charge in [0.05, 0.1) is 6.10 Å². The van der Waals surface area contributed by atoms with E-state index in [1.807, 2.05) is 0 Å². The third-order valence-corrected chi connectivity index (χ3v) is 6.40. The molecule has 1 saturated carbocycles. The van der Waals surface area contributed by atoms with Gasteiger partial charge in [-0.25, -0.2) is 12.8 Å². The lowest BCUT2D eigenvalue weighted by molar-refractivity contribution is 0.129. The summed E-state index contributed by atoms with van der Waals surface area (Å²) in [5.74, 6) is -0.689. The highest BCUT2D eigenvalue weighted by Crippen LogP contribution is 2.40. The molecular formula is C13H15ClFNO3S. The van der Waals surface area contributed by atoms with Crippen LogP contribution in [0.4, 0.5) is 4.39 Å². The third kappa shape index (κ3) is 2.24. The minimum absolute atomic E-state index is 0.0277. The lowest BCUT2D eigenvalue weighted by Gasteiger charge is -2.18. The molecule has 4 nitrogen and oxygen atoms in total. The molecule has 0 radical (unpaired) electrons. The largest absolute Gasteiger partial charge is 0.393 e. The van der Waals surface area contributed by atoms with Crippen LogP contribution in [-0.2, 0) is 10.0 Å². The molecule has 1 aromatic rings. The average Bonchev–Trinajstić information content (AvgIpc) is 2.92. The van der Waals surface area contributed by atoms with Crippen molar-refractivity contribution >= 4 is 21.6 Å². The van der Waals surface area contributed by atoms with Crippen LogP contribution in [0.5, 0.6) is 0 Å². The Balaban J connectivity index is 1.90. The van der Waals surface area contributed by atoms with Crippen LogP contribution in [0.3, 0.4) is 0 Å². The molecule has 1 aromatic carbocycles. The Bertz CT molecular complexity index is 637. The maximum absolute atomic E-state index is 13.8. The van der Waals surface area contributed by atoms with Crippen molar-refractivity contribution in [3.8, 4) is 0 Å². The van der Waals surface area contributed by atoms with Gasteiger partial charge >= 0.3 is 0 Å². The summed E-state index contributed by atoms with van der Waals surface area (Å²) in [7, 11) is -3.86. The van der Waals surface area contributed by atoms with Crippen LogP contribution in [0.1, 0.15) is 12.8 Å². The second-order valence-corrected chi connectivity index (χ2v) is 7.81. The number of hydrogen-bond donors (Lipinski definition) is 1. The number of hydrogen-bond acceptors (Lipinski definition) is 3. The van der Waals surface area contributed by atoms with Crippen molar-refractivity contribution in [2.75, 3.05) is 13.1 Å². The van der Waals surface area contributed by atoms with Crippen molar-refractivity contribution in [1.82, 2.24) is 4.31 Å². The molecule has 3 rings (SSSR count). The van der Waals surface area contributed by atoms with Gasteiger partial charge in [-0.3, -0.25) is 0 Å². The number of rotatable bonds is 2. The first-order chi connectivity index (χ1) is 9.39. The number of halogens is 2. The van der Waals surface area contributed by atoms with Gasteiger partial charge in [0.2, 0.25) is 10.0 Å². The van der Waals surface area contributed by atoms with E-state index in [9.17, 15) is 17.9 Å². The minimum Gasteiger partial charge on any atom is -0.393 e. The molecule has 1 N–H and O–H groups in total. The zero-order chi connectivity index (χ0) is 14.5. The predicted octanol–water partition coefficient (Wildman–Crippen LogP) is 1.87. The lowest BCUT2D eigenvalue weighted by Crippen LogP contribution is -2.31. The van der Waals surface area contributed by atoms with E-state index in [1.165, 1.54) is 16.4 Å². The summed E-state index contributed by atoms with van der Waals surface area (Å²) in [5.41, 5.74) is 0. The lowest BCUT2D eigenvalue weighted by atomic mass is 10.00. The molecular weight excluding hydrogens is 305 g/mol. The summed E-state index contributed by atoms with van der Waals surface area (Å²) in [6.07, 6.45) is 1.09. The fourth-order valence-corrected chi connectivity index (χ4v) is 4.95. The number of fused-ring (bicyclic) bond motifs is 1. The zero-order valence-corrected chi connectivity index (χ0v) is 12.2. The Hall–Kier alpha value is -0.690. The van der Waals surface area contributed by atoms with Gasteiger partial charge in [0.25, 0.3) is 0 Å². The summed E-state index contributed by atoms with van der Waals surface area (Å²) in [6, 6.07) is 3.56. The first kappa shape index (κ1) is 14.3. The number of aliphatic hydroxyl groups is 1. The molecule has 3 atom stereocenters. The van der Waals surface area contributed by atoms with Crippen molar-refractivity contribution in [2.45, 2.75) is 23.8 Å². The van der Waals surface area contributed by atoms with E-state index in [2.05, 4.69) is 0 Å². The molecule has 1 aliphatic heterocycles. The van der Waals surface area contributed by atoms with Crippen LogP contribution in [0.25, 0.3) is 0 Å². The maximum Gasteiger partial charge on any atom is 0.246 e. The van der Waals surface area contributed by atoms with Crippen molar-refractivity contribution in [1.29, 1.82) is 0 Å². The van der Waals surface area contributed by atoms with Crippen LogP contribution in [0.15, 0.2) is 23.1 Å². The summed E-state index contributed by atoms with van der Waals surface area (Å²) in [4.78, 5) is -0.351. The Morgan fingerprint density at radius 3 is 2.70 bits per heavy atom. The third-order valence-electron chi connectivity index (χ3n) is 4.30. The second-order valence-electron chi connectivity index (χ2n) is 5.47. The van der Waals surface area contributed by atoms with Gasteiger partial charge in [-0.1, -0.05) is 11.6 Å². The molecule has 2 aliphatic rings. The van der Waals surface area contributed by atoms with Crippen LogP contribution in [0, 0.1) is 17.7 Å². The topological polar surface area (TPSA) is 57.6 Å². The maximum atomic E-state index is 13.8. The van der Waals surface area contributed by atoms with E-state index in [0.29, 0.717) is 6.54 Å². The Kier molecular flexibility index (Phi) is 3.52. The standard InChI is InChI=1S/C13H15ClFNO3S/c14-9-2-4-13(11(15)5-9)20(18,19)16-6-8-1-3-12(17)10(8)7-16/h2,4-5,8,10,12,17H,1,3,6-7H2. The zero-order valence-electron chi connectivity index (χ0n) is 10.7. The van der Waals surface area contributed by atoms with Gasteiger partial charge < -0.3 is 5.11 Å². The predicted molar refractivity (Wildman–Crippen MR) is 72.4 cm³/mol. The van der Waals surface area contributed by atoms with E-state index in [4.69, 9.17) is 11.6 Å². The Morgan fingerprint density at radius 1 is 1.30 bits per heavy atom. The monoisotopic (exact) mass is 319 g/mol. The molecule has 7 heteroatoms. The SMILES string of the molecule is O=S(=O)(c1ccc(Cl)cc1F)N1CC2CCC(O)C2C1. The second kappa shape index (κ2) is 4.94. The van der Waals surface area contributed by atoms with Crippen molar-refractivity contribution < 1.29 is 17.9 Å². The van der Waals surface area contributed by atoms with Gasteiger partial charge in [0.15, 0.2) is 0 Å². The number of aliphatic hydroxyl groups excluding tert-OH is 1. The summed E-state index contributed by atoms with van der Waals surface area (Å²) >= 11 is 5.64. The highest BCUT2D eigenvalue weighted by Gasteiger charge is 2.46. The smallest absolute Gasteiger partial charge is 0.246 e. The van der Waals surface area contributed by atoms with Crippen molar-refractivity contribution in [3.05, 3.63) is 29.0 Å². The van der Waals surface area contributed by atoms with E-state index < -0.39 is 21.9 Å². The van der Waals surface area contributed by atoms with Gasteiger partial charge in [-0.05, 0) is 37.0 Å². The first-order valence-electron chi connectivity index (χ1n) is 6.53. The van der Waals surface area contributed by atoms with Gasteiger partial charge in [0.1, 0.15) is 10.7 Å². The van der Waals surface area contributed by atoms with Crippen LogP contribution in [-0.4, -0.2) is 37.0 Å². The minimum atomic E-state index is -3.86. The number of sulfonamides is 1. The van der Waals surface area contributed by atoms with Gasteiger partial charge in [-0.2, -0.15) is 4.31 Å². The molecule has 0 bridgehead atoms. The molecule has 110 valence electrons. The van der Waals surface area contributed by atoms with E-state index in [1.54, 1.807) is 0 Å². The Labute approximate surface area is 122 Å². The fraction of sp³-hybridized carbons (Fsp3) is 0.538. The summed E-state index contributed by atoms with van der Waals surface area (Å²) < 4.78 is 40.0. The fourth-order valence-electron chi connectivity index (χ4n) is 3.22. The molecule has 2 fully saturated rings. The molecule has 3 unspecified atom stereocenters. The molecule has 20 heavy (non-hydrogen) atoms. The average molecular weight is 320 g/mol. The van der Waals surface area contributed by atoms with Crippen LogP contribution < -0.4 is 0 Å². The molecule has 1 aliphatic carbocycles. The van der Waals surface area contributed by atoms with Crippen molar-refractivity contribution in [2.24, 2.45) is 11.8 Å². The Morgan fingerprint density at radius 2 is 2.05 bits per heavy atom. The quantitative estimate of drug-likeness (QED) is 0.905. The van der Waals surface area contributed by atoms with Gasteiger partial charge in [0, 0.05) is 24.0 Å². The summed E-state index contributed by atoms with van der Waals surface area (Å²) in [6.45, 7) is 0.613. The summed E-state index contributed by atoms with van der Waals surface area (Å²) in [5, 5.41) is 9.99. The number of benzene rings is 1. The van der Waals surface area contributed by atoms with E-state index in [0.717, 1.165) is 18.9 Å². The van der Waals surface area contributed by atoms with E-state index in [-0.39, 0.29) is 28.3 Å². The highest BCUT2D eigenvalue weighted by molar-refractivity contribution is 7.89. The van der Waals surface area contributed by atoms with Crippen molar-refractivity contribution in [3.63, 3.8) is 0 Å². The molecule has 0 amide bonds. The first-order valence-corrected chi connectivity index (χ1v) is 8.34. The number of nitrogens with zero attached hydrogens (tertiary/aromatic N) is 1. The normalized spacial score (nSPS) is 30.6. The highest BCUT2D eigenvalue weighted by atomic mass is 35.5. The molecule has 1 saturated heterocycles. The molecule has 0 spiro atoms. The van der Waals surface area contributed by atoms with Crippen LogP contribution >= 0.6 is 11.6 Å². The molecule has 0 aromatic heterocycles. The van der Waals surface area contributed by atoms with E-state index >= 15 is 0 Å². The van der Waals surface area contributed by atoms with Gasteiger partial charge in [-0.15, -0.1) is 0 Å².